The predicted molar refractivity (Wildman–Crippen MR) is 148 cm³/mol. The first-order valence-corrected chi connectivity index (χ1v) is 15.7. The summed E-state index contributed by atoms with van der Waals surface area (Å²) in [5.41, 5.74) is 0.737. The quantitative estimate of drug-likeness (QED) is 0.348. The van der Waals surface area contributed by atoms with Crippen molar-refractivity contribution in [3.8, 4) is 0 Å². The summed E-state index contributed by atoms with van der Waals surface area (Å²) in [6.07, 6.45) is 3.57. The monoisotopic (exact) mass is 625 g/mol. The Morgan fingerprint density at radius 3 is 1.97 bits per heavy atom. The summed E-state index contributed by atoms with van der Waals surface area (Å²) in [4.78, 5) is 13.0. The fourth-order valence-corrected chi connectivity index (χ4v) is 6.99. The highest BCUT2D eigenvalue weighted by atomic mass is 79.9. The van der Waals surface area contributed by atoms with Gasteiger partial charge < -0.3 is 5.32 Å². The van der Waals surface area contributed by atoms with Crippen LogP contribution in [0.25, 0.3) is 0 Å². The molecular formula is C25H25BrClN3O5S2. The van der Waals surface area contributed by atoms with E-state index in [0.29, 0.717) is 24.5 Å². The van der Waals surface area contributed by atoms with Crippen molar-refractivity contribution in [2.75, 3.05) is 23.1 Å². The number of hydrogen-bond acceptors (Lipinski definition) is 5. The summed E-state index contributed by atoms with van der Waals surface area (Å²) in [6, 6.07) is 16.4. The molecule has 196 valence electrons. The molecule has 1 fully saturated rings. The molecule has 37 heavy (non-hydrogen) atoms. The van der Waals surface area contributed by atoms with Gasteiger partial charge in [0, 0.05) is 28.9 Å². The molecule has 8 nitrogen and oxygen atoms in total. The maximum absolute atomic E-state index is 13.1. The van der Waals surface area contributed by atoms with E-state index in [-0.39, 0.29) is 20.4 Å². The second-order valence-corrected chi connectivity index (χ2v) is 13.5. The minimum atomic E-state index is -3.84. The van der Waals surface area contributed by atoms with E-state index in [1.807, 2.05) is 0 Å². The minimum absolute atomic E-state index is 0.00408. The Morgan fingerprint density at radius 2 is 1.35 bits per heavy atom. The lowest BCUT2D eigenvalue weighted by Gasteiger charge is -2.20. The molecule has 0 aromatic heterocycles. The SMILES string of the molecule is O=C(Nc1ccc(S(=O)(=O)Nc2ccc(Br)cc2)cc1)c1cc(S(=O)(=O)N2CCCCCC2)ccc1Cl. The molecule has 0 atom stereocenters. The topological polar surface area (TPSA) is 113 Å². The van der Waals surface area contributed by atoms with Crippen molar-refractivity contribution < 1.29 is 21.6 Å². The van der Waals surface area contributed by atoms with Gasteiger partial charge in [-0.1, -0.05) is 40.4 Å². The average molecular weight is 627 g/mol. The van der Waals surface area contributed by atoms with E-state index in [9.17, 15) is 21.6 Å². The van der Waals surface area contributed by atoms with Crippen LogP contribution < -0.4 is 10.0 Å². The summed E-state index contributed by atoms with van der Waals surface area (Å²) in [6.45, 7) is 0.886. The fraction of sp³-hybridized carbons (Fsp3) is 0.240. The Labute approximate surface area is 230 Å². The van der Waals surface area contributed by atoms with Crippen LogP contribution in [0.3, 0.4) is 0 Å². The largest absolute Gasteiger partial charge is 0.322 e. The van der Waals surface area contributed by atoms with Gasteiger partial charge in [-0.3, -0.25) is 9.52 Å². The minimum Gasteiger partial charge on any atom is -0.322 e. The molecule has 12 heteroatoms. The number of benzene rings is 3. The van der Waals surface area contributed by atoms with Crippen molar-refractivity contribution in [2.45, 2.75) is 35.5 Å². The maximum atomic E-state index is 13.1. The average Bonchev–Trinajstić information content (AvgIpc) is 3.16. The molecule has 2 N–H and O–H groups in total. The van der Waals surface area contributed by atoms with Gasteiger partial charge in [0.05, 0.1) is 20.4 Å². The highest BCUT2D eigenvalue weighted by Gasteiger charge is 2.27. The van der Waals surface area contributed by atoms with Gasteiger partial charge >= 0.3 is 0 Å². The van der Waals surface area contributed by atoms with Crippen LogP contribution in [-0.4, -0.2) is 40.1 Å². The molecule has 3 aromatic rings. The van der Waals surface area contributed by atoms with Crippen molar-refractivity contribution in [1.82, 2.24) is 4.31 Å². The molecule has 4 rings (SSSR count). The zero-order valence-corrected chi connectivity index (χ0v) is 23.6. The van der Waals surface area contributed by atoms with Gasteiger partial charge in [-0.05, 0) is 79.6 Å². The van der Waals surface area contributed by atoms with E-state index in [1.54, 1.807) is 24.3 Å². The van der Waals surface area contributed by atoms with E-state index in [4.69, 9.17) is 11.6 Å². The van der Waals surface area contributed by atoms with Crippen LogP contribution in [0, 0.1) is 0 Å². The van der Waals surface area contributed by atoms with Crippen LogP contribution in [0.1, 0.15) is 36.0 Å². The maximum Gasteiger partial charge on any atom is 0.261 e. The summed E-state index contributed by atoms with van der Waals surface area (Å²) in [7, 11) is -7.60. The number of amides is 1. The van der Waals surface area contributed by atoms with Crippen LogP contribution >= 0.6 is 27.5 Å². The number of nitrogens with zero attached hydrogens (tertiary/aromatic N) is 1. The van der Waals surface area contributed by atoms with Crippen molar-refractivity contribution in [3.05, 3.63) is 81.8 Å². The van der Waals surface area contributed by atoms with Gasteiger partial charge in [-0.2, -0.15) is 4.31 Å². The Balaban J connectivity index is 1.49. The number of hydrogen-bond donors (Lipinski definition) is 2. The standard InChI is InChI=1S/C25H25BrClN3O5S2/c26-18-5-7-20(8-6-18)29-36(32,33)21-11-9-19(10-12-21)28-25(31)23-17-22(13-14-24(23)27)37(34,35)30-15-3-1-2-4-16-30/h5-14,17,29H,1-4,15-16H2,(H,28,31). The van der Waals surface area contributed by atoms with Gasteiger partial charge in [0.2, 0.25) is 10.0 Å². The van der Waals surface area contributed by atoms with Gasteiger partial charge in [-0.15, -0.1) is 0 Å². The third-order valence-corrected chi connectivity index (χ3v) is 10.1. The first-order valence-electron chi connectivity index (χ1n) is 11.6. The molecule has 0 unspecified atom stereocenters. The van der Waals surface area contributed by atoms with Gasteiger partial charge in [-0.25, -0.2) is 16.8 Å². The predicted octanol–water partition coefficient (Wildman–Crippen LogP) is 5.72. The molecule has 0 bridgehead atoms. The molecule has 1 aliphatic rings. The van der Waals surface area contributed by atoms with Crippen LogP contribution in [0.2, 0.25) is 5.02 Å². The summed E-state index contributed by atoms with van der Waals surface area (Å²) >= 11 is 9.53. The van der Waals surface area contributed by atoms with Crippen molar-refractivity contribution in [1.29, 1.82) is 0 Å². The molecule has 0 radical (unpaired) electrons. The molecule has 0 aliphatic carbocycles. The Morgan fingerprint density at radius 1 is 0.784 bits per heavy atom. The van der Waals surface area contributed by atoms with E-state index in [0.717, 1.165) is 30.2 Å². The number of halogens is 2. The molecule has 1 heterocycles. The number of nitrogens with one attached hydrogen (secondary N) is 2. The molecule has 3 aromatic carbocycles. The lowest BCUT2D eigenvalue weighted by molar-refractivity contribution is 0.102. The molecular weight excluding hydrogens is 602 g/mol. The number of carbonyl (C=O) groups is 1. The Hall–Kier alpha value is -2.44. The molecule has 1 aliphatic heterocycles. The lowest BCUT2D eigenvalue weighted by atomic mass is 10.2. The third-order valence-electron chi connectivity index (χ3n) is 5.90. The molecule has 1 saturated heterocycles. The second-order valence-electron chi connectivity index (χ2n) is 8.55. The van der Waals surface area contributed by atoms with Crippen LogP contribution in [0.4, 0.5) is 11.4 Å². The smallest absolute Gasteiger partial charge is 0.261 e. The number of carbonyl (C=O) groups excluding carboxylic acids is 1. The summed E-state index contributed by atoms with van der Waals surface area (Å²) < 4.78 is 56.4. The highest BCUT2D eigenvalue weighted by Crippen LogP contribution is 2.26. The van der Waals surface area contributed by atoms with E-state index < -0.39 is 26.0 Å². The van der Waals surface area contributed by atoms with Crippen molar-refractivity contribution in [3.63, 3.8) is 0 Å². The Bertz CT molecular complexity index is 1490. The number of anilines is 2. The summed E-state index contributed by atoms with van der Waals surface area (Å²) in [5.74, 6) is -0.610. The van der Waals surface area contributed by atoms with Crippen LogP contribution in [-0.2, 0) is 20.0 Å². The fourth-order valence-electron chi connectivity index (χ4n) is 3.92. The number of rotatable bonds is 7. The Kier molecular flexibility index (Phi) is 8.59. The second kappa shape index (κ2) is 11.5. The van der Waals surface area contributed by atoms with Gasteiger partial charge in [0.1, 0.15) is 0 Å². The molecule has 1 amide bonds. The molecule has 0 saturated carbocycles. The van der Waals surface area contributed by atoms with Crippen molar-refractivity contribution in [2.24, 2.45) is 0 Å². The zero-order chi connectivity index (χ0) is 26.6. The van der Waals surface area contributed by atoms with E-state index in [2.05, 4.69) is 26.0 Å². The van der Waals surface area contributed by atoms with E-state index >= 15 is 0 Å². The van der Waals surface area contributed by atoms with Crippen molar-refractivity contribution >= 4 is 64.9 Å². The lowest BCUT2D eigenvalue weighted by Crippen LogP contribution is -2.32. The van der Waals surface area contributed by atoms with Crippen LogP contribution in [0.15, 0.2) is 81.0 Å². The highest BCUT2D eigenvalue weighted by molar-refractivity contribution is 9.10. The molecule has 0 spiro atoms. The summed E-state index contributed by atoms with van der Waals surface area (Å²) in [5, 5.41) is 2.75. The van der Waals surface area contributed by atoms with Gasteiger partial charge in [0.15, 0.2) is 0 Å². The first kappa shape index (κ1) is 27.6. The number of sulfonamides is 2. The zero-order valence-electron chi connectivity index (χ0n) is 19.7. The van der Waals surface area contributed by atoms with Gasteiger partial charge in [0.25, 0.3) is 15.9 Å². The third kappa shape index (κ3) is 6.71. The van der Waals surface area contributed by atoms with Crippen LogP contribution in [0.5, 0.6) is 0 Å². The first-order chi connectivity index (χ1) is 17.6. The van der Waals surface area contributed by atoms with E-state index in [1.165, 1.54) is 46.8 Å². The normalized spacial score (nSPS) is 15.1.